The Morgan fingerprint density at radius 1 is 0.731 bits per heavy atom. The number of aliphatic hydroxyl groups excluding tert-OH is 2. The fourth-order valence-corrected chi connectivity index (χ4v) is 3.06. The average Bonchev–Trinajstić information content (AvgIpc) is 2.66. The maximum absolute atomic E-state index is 9.84. The van der Waals surface area contributed by atoms with Crippen LogP contribution in [-0.4, -0.2) is 47.9 Å². The number of hydrogen-bond donors (Lipinski definition) is 4. The third-order valence-corrected chi connectivity index (χ3v) is 4.62. The number of phenolic OH excluding ortho intramolecular Hbond substituents is 2. The van der Waals surface area contributed by atoms with Gasteiger partial charge in [-0.15, -0.1) is 0 Å². The molecule has 6 nitrogen and oxygen atoms in total. The zero-order chi connectivity index (χ0) is 19.1. The fraction of sp³-hybridized carbons (Fsp3) is 0.400. The van der Waals surface area contributed by atoms with Crippen molar-refractivity contribution in [3.8, 4) is 23.0 Å². The highest BCUT2D eigenvalue weighted by atomic mass is 16.5. The smallest absolute Gasteiger partial charge is 0.160 e. The Balaban J connectivity index is 2.15. The van der Waals surface area contributed by atoms with Crippen molar-refractivity contribution in [2.24, 2.45) is 11.8 Å². The lowest BCUT2D eigenvalue weighted by molar-refractivity contribution is 0.119. The number of hydrogen-bond acceptors (Lipinski definition) is 6. The minimum absolute atomic E-state index is 0.0618. The van der Waals surface area contributed by atoms with E-state index in [1.165, 1.54) is 14.2 Å². The van der Waals surface area contributed by atoms with Crippen LogP contribution < -0.4 is 9.47 Å². The van der Waals surface area contributed by atoms with Gasteiger partial charge in [0, 0.05) is 13.2 Å². The lowest BCUT2D eigenvalue weighted by Crippen LogP contribution is -2.26. The van der Waals surface area contributed by atoms with Gasteiger partial charge in [-0.05, 0) is 60.1 Å². The van der Waals surface area contributed by atoms with Gasteiger partial charge in [-0.25, -0.2) is 0 Å². The van der Waals surface area contributed by atoms with E-state index in [0.717, 1.165) is 11.1 Å². The van der Waals surface area contributed by atoms with Gasteiger partial charge in [-0.1, -0.05) is 12.1 Å². The maximum atomic E-state index is 9.84. The molecule has 26 heavy (non-hydrogen) atoms. The summed E-state index contributed by atoms with van der Waals surface area (Å²) in [6, 6.07) is 10.1. The van der Waals surface area contributed by atoms with E-state index in [0.29, 0.717) is 24.3 Å². The first-order chi connectivity index (χ1) is 12.5. The Kier molecular flexibility index (Phi) is 7.12. The Morgan fingerprint density at radius 3 is 1.42 bits per heavy atom. The van der Waals surface area contributed by atoms with E-state index in [-0.39, 0.29) is 36.5 Å². The van der Waals surface area contributed by atoms with Crippen molar-refractivity contribution in [3.63, 3.8) is 0 Å². The van der Waals surface area contributed by atoms with Crippen LogP contribution in [0.1, 0.15) is 11.1 Å². The topological polar surface area (TPSA) is 99.4 Å². The molecule has 0 amide bonds. The molecule has 2 aromatic carbocycles. The van der Waals surface area contributed by atoms with E-state index >= 15 is 0 Å². The average molecular weight is 362 g/mol. The summed E-state index contributed by atoms with van der Waals surface area (Å²) in [6.07, 6.45) is 1.07. The van der Waals surface area contributed by atoms with Gasteiger partial charge >= 0.3 is 0 Å². The molecule has 142 valence electrons. The maximum Gasteiger partial charge on any atom is 0.160 e. The van der Waals surface area contributed by atoms with Gasteiger partial charge in [0.25, 0.3) is 0 Å². The molecule has 1 unspecified atom stereocenters. The summed E-state index contributed by atoms with van der Waals surface area (Å²) in [5.41, 5.74) is 1.81. The van der Waals surface area contributed by atoms with Crippen LogP contribution in [0.2, 0.25) is 0 Å². The molecule has 2 aromatic rings. The summed E-state index contributed by atoms with van der Waals surface area (Å²) < 4.78 is 10.2. The molecule has 4 N–H and O–H groups in total. The summed E-state index contributed by atoms with van der Waals surface area (Å²) in [4.78, 5) is 0. The Hall–Kier alpha value is -2.44. The zero-order valence-electron chi connectivity index (χ0n) is 15.1. The van der Waals surface area contributed by atoms with Crippen molar-refractivity contribution in [3.05, 3.63) is 47.5 Å². The number of rotatable bonds is 9. The van der Waals surface area contributed by atoms with Crippen LogP contribution in [0.15, 0.2) is 36.4 Å². The van der Waals surface area contributed by atoms with E-state index in [2.05, 4.69) is 0 Å². The largest absolute Gasteiger partial charge is 0.504 e. The monoisotopic (exact) mass is 362 g/mol. The third-order valence-electron chi connectivity index (χ3n) is 4.62. The van der Waals surface area contributed by atoms with Gasteiger partial charge in [0.1, 0.15) is 0 Å². The van der Waals surface area contributed by atoms with E-state index in [1.54, 1.807) is 36.4 Å². The second kappa shape index (κ2) is 9.31. The SMILES string of the molecule is COc1cc(CC(CO)[C@@H](CO)Cc2ccc(O)c(OC)c2)ccc1O. The summed E-state index contributed by atoms with van der Waals surface area (Å²) in [5.74, 6) is 0.535. The third kappa shape index (κ3) is 4.80. The molecule has 0 radical (unpaired) electrons. The number of aromatic hydroxyl groups is 2. The summed E-state index contributed by atoms with van der Waals surface area (Å²) in [7, 11) is 2.97. The Labute approximate surface area is 153 Å². The predicted octanol–water partition coefficient (Wildman–Crippen LogP) is 2.12. The van der Waals surface area contributed by atoms with Crippen LogP contribution in [-0.2, 0) is 12.8 Å². The molecule has 0 aromatic heterocycles. The number of methoxy groups -OCH3 is 2. The first-order valence-electron chi connectivity index (χ1n) is 8.45. The van der Waals surface area contributed by atoms with Crippen LogP contribution in [0, 0.1) is 11.8 Å². The molecule has 0 fully saturated rings. The molecular formula is C20H26O6. The van der Waals surface area contributed by atoms with Gasteiger partial charge in [0.15, 0.2) is 23.0 Å². The van der Waals surface area contributed by atoms with Crippen molar-refractivity contribution < 1.29 is 29.9 Å². The van der Waals surface area contributed by atoms with Gasteiger partial charge in [0.2, 0.25) is 0 Å². The molecule has 0 spiro atoms. The van der Waals surface area contributed by atoms with Crippen LogP contribution in [0.25, 0.3) is 0 Å². The normalized spacial score (nSPS) is 13.2. The molecule has 2 atom stereocenters. The quantitative estimate of drug-likeness (QED) is 0.545. The molecule has 0 aliphatic carbocycles. The minimum atomic E-state index is -0.172. The second-order valence-corrected chi connectivity index (χ2v) is 6.31. The van der Waals surface area contributed by atoms with Crippen LogP contribution in [0.5, 0.6) is 23.0 Å². The molecule has 0 saturated heterocycles. The van der Waals surface area contributed by atoms with E-state index in [1.807, 2.05) is 0 Å². The zero-order valence-corrected chi connectivity index (χ0v) is 15.1. The van der Waals surface area contributed by atoms with Gasteiger partial charge in [-0.3, -0.25) is 0 Å². The van der Waals surface area contributed by atoms with Gasteiger partial charge in [-0.2, -0.15) is 0 Å². The fourth-order valence-electron chi connectivity index (χ4n) is 3.06. The van der Waals surface area contributed by atoms with E-state index in [9.17, 15) is 20.4 Å². The van der Waals surface area contributed by atoms with Crippen LogP contribution in [0.4, 0.5) is 0 Å². The number of aliphatic hydroxyl groups is 2. The molecule has 0 saturated carbocycles. The first kappa shape index (κ1) is 19.9. The molecule has 0 heterocycles. The molecule has 0 bridgehead atoms. The molecule has 2 rings (SSSR count). The van der Waals surface area contributed by atoms with E-state index < -0.39 is 0 Å². The number of ether oxygens (including phenoxy) is 2. The highest BCUT2D eigenvalue weighted by Crippen LogP contribution is 2.31. The van der Waals surface area contributed by atoms with Crippen molar-refractivity contribution in [1.29, 1.82) is 0 Å². The Bertz CT molecular complexity index is 654. The second-order valence-electron chi connectivity index (χ2n) is 6.31. The summed E-state index contributed by atoms with van der Waals surface area (Å²) in [5, 5.41) is 39.1. The lowest BCUT2D eigenvalue weighted by Gasteiger charge is -2.24. The summed E-state index contributed by atoms with van der Waals surface area (Å²) in [6.45, 7) is -0.159. The minimum Gasteiger partial charge on any atom is -0.504 e. The highest BCUT2D eigenvalue weighted by Gasteiger charge is 2.22. The van der Waals surface area contributed by atoms with Crippen molar-refractivity contribution in [2.75, 3.05) is 27.4 Å². The lowest BCUT2D eigenvalue weighted by atomic mass is 9.83. The summed E-state index contributed by atoms with van der Waals surface area (Å²) >= 11 is 0. The van der Waals surface area contributed by atoms with Gasteiger partial charge in [0.05, 0.1) is 14.2 Å². The molecular weight excluding hydrogens is 336 g/mol. The van der Waals surface area contributed by atoms with Gasteiger partial charge < -0.3 is 29.9 Å². The van der Waals surface area contributed by atoms with Crippen LogP contribution in [0.3, 0.4) is 0 Å². The molecule has 6 heteroatoms. The molecule has 0 aliphatic heterocycles. The van der Waals surface area contributed by atoms with E-state index in [4.69, 9.17) is 9.47 Å². The Morgan fingerprint density at radius 2 is 1.12 bits per heavy atom. The van der Waals surface area contributed by atoms with Crippen molar-refractivity contribution in [2.45, 2.75) is 12.8 Å². The number of benzene rings is 2. The number of phenols is 2. The predicted molar refractivity (Wildman–Crippen MR) is 97.9 cm³/mol. The van der Waals surface area contributed by atoms with Crippen molar-refractivity contribution >= 4 is 0 Å². The standard InChI is InChI=1S/C20H26O6/c1-25-19-9-13(3-5-17(19)23)7-15(11-21)16(12-22)8-14-4-6-18(24)20(10-14)26-2/h3-6,9-10,15-16,21-24H,7-8,11-12H2,1-2H3/t15-,16?/m1/s1. The van der Waals surface area contributed by atoms with Crippen molar-refractivity contribution in [1.82, 2.24) is 0 Å². The first-order valence-corrected chi connectivity index (χ1v) is 8.45. The van der Waals surface area contributed by atoms with Crippen LogP contribution >= 0.6 is 0 Å². The molecule has 0 aliphatic rings. The highest BCUT2D eigenvalue weighted by molar-refractivity contribution is 5.43.